The van der Waals surface area contributed by atoms with Crippen LogP contribution in [0.2, 0.25) is 0 Å². The summed E-state index contributed by atoms with van der Waals surface area (Å²) in [6.07, 6.45) is 1.90. The molecule has 0 bridgehead atoms. The maximum absolute atomic E-state index is 12.2. The quantitative estimate of drug-likeness (QED) is 0.739. The number of carbonyl (C=O) groups excluding carboxylic acids is 2. The van der Waals surface area contributed by atoms with Gasteiger partial charge in [0.15, 0.2) is 0 Å². The first-order valence-electron chi connectivity index (χ1n) is 9.13. The van der Waals surface area contributed by atoms with Crippen LogP contribution >= 0.6 is 0 Å². The summed E-state index contributed by atoms with van der Waals surface area (Å²) in [4.78, 5) is 26.4. The van der Waals surface area contributed by atoms with Gasteiger partial charge < -0.3 is 15.4 Å². The molecular weight excluding hydrogens is 318 g/mol. The van der Waals surface area contributed by atoms with Crippen LogP contribution in [0.5, 0.6) is 0 Å². The summed E-state index contributed by atoms with van der Waals surface area (Å²) in [5.74, 6) is 0.639. The largest absolute Gasteiger partial charge is 0.379 e. The van der Waals surface area contributed by atoms with Gasteiger partial charge in [0, 0.05) is 36.8 Å². The smallest absolute Gasteiger partial charge is 0.251 e. The molecule has 1 saturated carbocycles. The summed E-state index contributed by atoms with van der Waals surface area (Å²) in [5.41, 5.74) is 1.36. The number of rotatable bonds is 7. The fourth-order valence-electron chi connectivity index (χ4n) is 3.06. The molecule has 2 fully saturated rings. The first kappa shape index (κ1) is 17.9. The van der Waals surface area contributed by atoms with E-state index in [0.29, 0.717) is 18.0 Å². The highest BCUT2D eigenvalue weighted by atomic mass is 16.5. The second-order valence-corrected chi connectivity index (χ2v) is 6.95. The van der Waals surface area contributed by atoms with Crippen molar-refractivity contribution in [1.29, 1.82) is 0 Å². The third kappa shape index (κ3) is 5.28. The summed E-state index contributed by atoms with van der Waals surface area (Å²) in [6.45, 7) is 7.27. The van der Waals surface area contributed by atoms with Crippen molar-refractivity contribution < 1.29 is 14.3 Å². The number of nitrogens with zero attached hydrogens (tertiary/aromatic N) is 1. The Morgan fingerprint density at radius 3 is 2.52 bits per heavy atom. The predicted molar refractivity (Wildman–Crippen MR) is 96.6 cm³/mol. The Hall–Kier alpha value is -1.92. The predicted octanol–water partition coefficient (Wildman–Crippen LogP) is 1.73. The molecule has 1 heterocycles. The van der Waals surface area contributed by atoms with Crippen LogP contribution < -0.4 is 10.6 Å². The monoisotopic (exact) mass is 345 g/mol. The summed E-state index contributed by atoms with van der Waals surface area (Å²) in [6, 6.07) is 7.08. The third-order valence-corrected chi connectivity index (χ3v) is 4.90. The summed E-state index contributed by atoms with van der Waals surface area (Å²) < 4.78 is 5.32. The Morgan fingerprint density at radius 2 is 1.88 bits per heavy atom. The van der Waals surface area contributed by atoms with Crippen LogP contribution in [0.3, 0.4) is 0 Å². The number of hydrogen-bond acceptors (Lipinski definition) is 4. The van der Waals surface area contributed by atoms with Crippen molar-refractivity contribution >= 4 is 17.5 Å². The summed E-state index contributed by atoms with van der Waals surface area (Å²) >= 11 is 0. The normalized spacial score (nSPS) is 23.1. The lowest BCUT2D eigenvalue weighted by atomic mass is 10.2. The lowest BCUT2D eigenvalue weighted by Gasteiger charge is -2.26. The molecule has 2 N–H and O–H groups in total. The van der Waals surface area contributed by atoms with Crippen molar-refractivity contribution in [3.05, 3.63) is 29.8 Å². The van der Waals surface area contributed by atoms with Crippen molar-refractivity contribution in [2.24, 2.45) is 11.8 Å². The van der Waals surface area contributed by atoms with E-state index in [0.717, 1.165) is 51.4 Å². The first-order valence-corrected chi connectivity index (χ1v) is 9.13. The maximum Gasteiger partial charge on any atom is 0.251 e. The molecule has 1 aromatic rings. The molecule has 1 aromatic carbocycles. The Morgan fingerprint density at radius 1 is 1.20 bits per heavy atom. The second-order valence-electron chi connectivity index (χ2n) is 6.95. The van der Waals surface area contributed by atoms with E-state index in [-0.39, 0.29) is 17.7 Å². The highest BCUT2D eigenvalue weighted by Gasteiger charge is 2.39. The van der Waals surface area contributed by atoms with Crippen LogP contribution in [0.25, 0.3) is 0 Å². The van der Waals surface area contributed by atoms with Crippen LogP contribution in [-0.2, 0) is 9.53 Å². The molecule has 0 spiro atoms. The van der Waals surface area contributed by atoms with Gasteiger partial charge >= 0.3 is 0 Å². The molecule has 2 unspecified atom stereocenters. The fourth-order valence-corrected chi connectivity index (χ4v) is 3.06. The van der Waals surface area contributed by atoms with Gasteiger partial charge in [-0.2, -0.15) is 0 Å². The number of hydrogen-bond donors (Lipinski definition) is 2. The molecule has 2 atom stereocenters. The molecule has 6 heteroatoms. The van der Waals surface area contributed by atoms with Crippen LogP contribution in [0.4, 0.5) is 5.69 Å². The van der Waals surface area contributed by atoms with E-state index >= 15 is 0 Å². The van der Waals surface area contributed by atoms with E-state index < -0.39 is 0 Å². The minimum Gasteiger partial charge on any atom is -0.379 e. The van der Waals surface area contributed by atoms with Gasteiger partial charge in [0.2, 0.25) is 5.91 Å². The number of amides is 2. The lowest BCUT2D eigenvalue weighted by molar-refractivity contribution is -0.117. The average Bonchev–Trinajstić information content (AvgIpc) is 3.37. The van der Waals surface area contributed by atoms with Gasteiger partial charge in [-0.3, -0.25) is 14.5 Å². The van der Waals surface area contributed by atoms with Crippen LogP contribution in [-0.4, -0.2) is 56.1 Å². The third-order valence-electron chi connectivity index (χ3n) is 4.90. The number of carbonyl (C=O) groups is 2. The van der Waals surface area contributed by atoms with Crippen molar-refractivity contribution in [3.8, 4) is 0 Å². The maximum atomic E-state index is 12.2. The SMILES string of the molecule is CC1CC1C(=O)Nc1ccc(C(=O)NCCCN2CCOCC2)cc1. The molecule has 0 aromatic heterocycles. The van der Waals surface area contributed by atoms with E-state index in [1.54, 1.807) is 24.3 Å². The standard InChI is InChI=1S/C19H27N3O3/c1-14-13-17(14)19(24)21-16-5-3-15(4-6-16)18(23)20-7-2-8-22-9-11-25-12-10-22/h3-6,14,17H,2,7-13H2,1H3,(H,20,23)(H,21,24). The van der Waals surface area contributed by atoms with Crippen molar-refractivity contribution in [1.82, 2.24) is 10.2 Å². The Kier molecular flexibility index (Phi) is 6.04. The van der Waals surface area contributed by atoms with E-state index in [2.05, 4.69) is 22.5 Å². The molecule has 3 rings (SSSR count). The van der Waals surface area contributed by atoms with Crippen molar-refractivity contribution in [3.63, 3.8) is 0 Å². The van der Waals surface area contributed by atoms with Gasteiger partial charge in [0.25, 0.3) is 5.91 Å². The number of benzene rings is 1. The summed E-state index contributed by atoms with van der Waals surface area (Å²) in [5, 5.41) is 5.85. The topological polar surface area (TPSA) is 70.7 Å². The van der Waals surface area contributed by atoms with Crippen molar-refractivity contribution in [2.75, 3.05) is 44.7 Å². The molecule has 136 valence electrons. The van der Waals surface area contributed by atoms with E-state index in [4.69, 9.17) is 4.74 Å². The molecular formula is C19H27N3O3. The van der Waals surface area contributed by atoms with Crippen molar-refractivity contribution in [2.45, 2.75) is 19.8 Å². The first-order chi connectivity index (χ1) is 12.1. The van der Waals surface area contributed by atoms with E-state index in [1.165, 1.54) is 0 Å². The van der Waals surface area contributed by atoms with Crippen LogP contribution in [0.1, 0.15) is 30.1 Å². The summed E-state index contributed by atoms with van der Waals surface area (Å²) in [7, 11) is 0. The van der Waals surface area contributed by atoms with E-state index in [9.17, 15) is 9.59 Å². The minimum absolute atomic E-state index is 0.0735. The Bertz CT molecular complexity index is 596. The molecule has 1 aliphatic heterocycles. The zero-order valence-corrected chi connectivity index (χ0v) is 14.8. The second kappa shape index (κ2) is 8.45. The zero-order chi connectivity index (χ0) is 17.6. The minimum atomic E-state index is -0.0735. The van der Waals surface area contributed by atoms with Gasteiger partial charge in [-0.1, -0.05) is 6.92 Å². The lowest BCUT2D eigenvalue weighted by Crippen LogP contribution is -2.38. The molecule has 1 aliphatic carbocycles. The molecule has 2 aliphatic rings. The molecule has 25 heavy (non-hydrogen) atoms. The van der Waals surface area contributed by atoms with Crippen LogP contribution in [0.15, 0.2) is 24.3 Å². The Balaban J connectivity index is 1.37. The highest BCUT2D eigenvalue weighted by Crippen LogP contribution is 2.38. The highest BCUT2D eigenvalue weighted by molar-refractivity contribution is 5.96. The number of anilines is 1. The van der Waals surface area contributed by atoms with Gasteiger partial charge in [-0.25, -0.2) is 0 Å². The molecule has 6 nitrogen and oxygen atoms in total. The van der Waals surface area contributed by atoms with Gasteiger partial charge in [0.1, 0.15) is 0 Å². The average molecular weight is 345 g/mol. The molecule has 1 saturated heterocycles. The van der Waals surface area contributed by atoms with Crippen LogP contribution in [0, 0.1) is 11.8 Å². The zero-order valence-electron chi connectivity index (χ0n) is 14.8. The number of ether oxygens (including phenoxy) is 1. The fraction of sp³-hybridized carbons (Fsp3) is 0.579. The molecule has 0 radical (unpaired) electrons. The van der Waals surface area contributed by atoms with Gasteiger partial charge in [-0.15, -0.1) is 0 Å². The van der Waals surface area contributed by atoms with Gasteiger partial charge in [-0.05, 0) is 49.6 Å². The van der Waals surface area contributed by atoms with E-state index in [1.807, 2.05) is 0 Å². The number of nitrogens with one attached hydrogen (secondary N) is 2. The molecule has 2 amide bonds. The van der Waals surface area contributed by atoms with Gasteiger partial charge in [0.05, 0.1) is 13.2 Å². The number of morpholine rings is 1. The Labute approximate surface area is 148 Å².